The molecule has 0 spiro atoms. The fourth-order valence-electron chi connectivity index (χ4n) is 1.73. The Labute approximate surface area is 97.1 Å². The molecule has 1 aromatic carbocycles. The Morgan fingerprint density at radius 3 is 2.87 bits per heavy atom. The van der Waals surface area contributed by atoms with Crippen molar-refractivity contribution < 1.29 is 0 Å². The van der Waals surface area contributed by atoms with Crippen LogP contribution in [0.1, 0.15) is 30.0 Å². The van der Waals surface area contributed by atoms with Gasteiger partial charge in [0.05, 0.1) is 0 Å². The third-order valence-electron chi connectivity index (χ3n) is 2.62. The molecular formula is C13H18ClN. The number of rotatable bonds is 5. The van der Waals surface area contributed by atoms with Gasteiger partial charge in [-0.05, 0) is 50.1 Å². The standard InChI is InChI=1S/C13H18ClN/c1-4-5-6-13(15-3)12-9-11(14)8-7-10(12)2/h4,7-9,13,15H,1,5-6H2,2-3H3. The molecule has 15 heavy (non-hydrogen) atoms. The molecule has 0 bridgehead atoms. The molecule has 2 heteroatoms. The second-order valence-electron chi connectivity index (χ2n) is 3.71. The predicted octanol–water partition coefficient (Wildman–Crippen LogP) is 3.88. The van der Waals surface area contributed by atoms with Crippen LogP contribution in [-0.2, 0) is 0 Å². The average molecular weight is 224 g/mol. The Balaban J connectivity index is 2.89. The molecule has 0 amide bonds. The van der Waals surface area contributed by atoms with Gasteiger partial charge >= 0.3 is 0 Å². The van der Waals surface area contributed by atoms with E-state index in [2.05, 4.69) is 24.9 Å². The van der Waals surface area contributed by atoms with Crippen LogP contribution in [0, 0.1) is 6.92 Å². The zero-order valence-electron chi connectivity index (χ0n) is 9.39. The molecule has 1 aromatic rings. The summed E-state index contributed by atoms with van der Waals surface area (Å²) in [6, 6.07) is 6.40. The molecule has 1 nitrogen and oxygen atoms in total. The lowest BCUT2D eigenvalue weighted by Crippen LogP contribution is -2.17. The highest BCUT2D eigenvalue weighted by Gasteiger charge is 2.10. The third-order valence-corrected chi connectivity index (χ3v) is 2.86. The molecule has 0 heterocycles. The molecule has 1 unspecified atom stereocenters. The molecule has 0 aromatic heterocycles. The van der Waals surface area contributed by atoms with Crippen molar-refractivity contribution in [2.45, 2.75) is 25.8 Å². The molecule has 1 rings (SSSR count). The zero-order chi connectivity index (χ0) is 11.3. The molecule has 0 fully saturated rings. The number of aryl methyl sites for hydroxylation is 1. The third kappa shape index (κ3) is 3.37. The van der Waals surface area contributed by atoms with Gasteiger partial charge in [0.2, 0.25) is 0 Å². The summed E-state index contributed by atoms with van der Waals surface area (Å²) in [6.07, 6.45) is 4.02. The molecule has 0 saturated carbocycles. The van der Waals surface area contributed by atoms with Crippen molar-refractivity contribution in [3.05, 3.63) is 47.0 Å². The molecule has 0 saturated heterocycles. The van der Waals surface area contributed by atoms with Gasteiger partial charge in [-0.15, -0.1) is 6.58 Å². The highest BCUT2D eigenvalue weighted by Crippen LogP contribution is 2.24. The second-order valence-corrected chi connectivity index (χ2v) is 4.14. The van der Waals surface area contributed by atoms with Gasteiger partial charge < -0.3 is 5.32 Å². The van der Waals surface area contributed by atoms with Crippen molar-refractivity contribution in [2.24, 2.45) is 0 Å². The summed E-state index contributed by atoms with van der Waals surface area (Å²) >= 11 is 6.00. The van der Waals surface area contributed by atoms with Crippen molar-refractivity contribution in [1.29, 1.82) is 0 Å². The lowest BCUT2D eigenvalue weighted by atomic mass is 9.98. The van der Waals surface area contributed by atoms with Crippen molar-refractivity contribution in [2.75, 3.05) is 7.05 Å². The van der Waals surface area contributed by atoms with E-state index in [1.54, 1.807) is 0 Å². The molecular weight excluding hydrogens is 206 g/mol. The van der Waals surface area contributed by atoms with Crippen LogP contribution in [0.5, 0.6) is 0 Å². The molecule has 0 aliphatic heterocycles. The van der Waals surface area contributed by atoms with Gasteiger partial charge in [0, 0.05) is 11.1 Å². The van der Waals surface area contributed by atoms with E-state index in [0.717, 1.165) is 17.9 Å². The highest BCUT2D eigenvalue weighted by molar-refractivity contribution is 6.30. The number of benzene rings is 1. The average Bonchev–Trinajstić information content (AvgIpc) is 2.24. The molecule has 0 aliphatic rings. The predicted molar refractivity (Wildman–Crippen MR) is 67.4 cm³/mol. The van der Waals surface area contributed by atoms with Gasteiger partial charge in [0.1, 0.15) is 0 Å². The Morgan fingerprint density at radius 2 is 2.27 bits per heavy atom. The van der Waals surface area contributed by atoms with Crippen LogP contribution < -0.4 is 5.32 Å². The Hall–Kier alpha value is -0.790. The van der Waals surface area contributed by atoms with Crippen molar-refractivity contribution in [3.8, 4) is 0 Å². The van der Waals surface area contributed by atoms with Crippen LogP contribution in [0.25, 0.3) is 0 Å². The number of nitrogens with one attached hydrogen (secondary N) is 1. The monoisotopic (exact) mass is 223 g/mol. The smallest absolute Gasteiger partial charge is 0.0409 e. The summed E-state index contributed by atoms with van der Waals surface area (Å²) in [6.45, 7) is 5.86. The van der Waals surface area contributed by atoms with E-state index in [1.807, 2.05) is 25.3 Å². The number of allylic oxidation sites excluding steroid dienone is 1. The molecule has 0 radical (unpaired) electrons. The number of halogens is 1. The topological polar surface area (TPSA) is 12.0 Å². The lowest BCUT2D eigenvalue weighted by molar-refractivity contribution is 0.552. The van der Waals surface area contributed by atoms with Crippen molar-refractivity contribution in [3.63, 3.8) is 0 Å². The van der Waals surface area contributed by atoms with Crippen molar-refractivity contribution >= 4 is 11.6 Å². The Bertz CT molecular complexity index is 333. The minimum absolute atomic E-state index is 0.363. The Kier molecular flexibility index (Phi) is 4.86. The van der Waals surface area contributed by atoms with E-state index >= 15 is 0 Å². The second kappa shape index (κ2) is 5.94. The van der Waals surface area contributed by atoms with Gasteiger partial charge in [0.25, 0.3) is 0 Å². The van der Waals surface area contributed by atoms with Gasteiger partial charge in [-0.25, -0.2) is 0 Å². The van der Waals surface area contributed by atoms with E-state index < -0.39 is 0 Å². The number of hydrogen-bond donors (Lipinski definition) is 1. The van der Waals surface area contributed by atoms with E-state index in [1.165, 1.54) is 11.1 Å². The maximum Gasteiger partial charge on any atom is 0.0409 e. The summed E-state index contributed by atoms with van der Waals surface area (Å²) in [5, 5.41) is 4.12. The Morgan fingerprint density at radius 1 is 1.53 bits per heavy atom. The summed E-state index contributed by atoms with van der Waals surface area (Å²) in [7, 11) is 1.98. The summed E-state index contributed by atoms with van der Waals surface area (Å²) in [5.41, 5.74) is 2.56. The van der Waals surface area contributed by atoms with E-state index in [0.29, 0.717) is 6.04 Å². The molecule has 1 N–H and O–H groups in total. The molecule has 82 valence electrons. The largest absolute Gasteiger partial charge is 0.313 e. The SMILES string of the molecule is C=CCCC(NC)c1cc(Cl)ccc1C. The van der Waals surface area contributed by atoms with Gasteiger partial charge in [-0.2, -0.15) is 0 Å². The maximum atomic E-state index is 6.00. The zero-order valence-corrected chi connectivity index (χ0v) is 10.1. The first-order valence-corrected chi connectivity index (χ1v) is 5.61. The van der Waals surface area contributed by atoms with Crippen LogP contribution in [0.3, 0.4) is 0 Å². The highest BCUT2D eigenvalue weighted by atomic mass is 35.5. The molecule has 0 aliphatic carbocycles. The van der Waals surface area contributed by atoms with Gasteiger partial charge in [-0.1, -0.05) is 23.7 Å². The van der Waals surface area contributed by atoms with Crippen LogP contribution in [-0.4, -0.2) is 7.05 Å². The minimum Gasteiger partial charge on any atom is -0.313 e. The minimum atomic E-state index is 0.363. The fourth-order valence-corrected chi connectivity index (χ4v) is 1.91. The van der Waals surface area contributed by atoms with Gasteiger partial charge in [-0.3, -0.25) is 0 Å². The summed E-state index contributed by atoms with van der Waals surface area (Å²) in [5.74, 6) is 0. The van der Waals surface area contributed by atoms with Crippen molar-refractivity contribution in [1.82, 2.24) is 5.32 Å². The molecule has 1 atom stereocenters. The normalized spacial score (nSPS) is 12.5. The van der Waals surface area contributed by atoms with Crippen LogP contribution in [0.4, 0.5) is 0 Å². The summed E-state index contributed by atoms with van der Waals surface area (Å²) < 4.78 is 0. The lowest BCUT2D eigenvalue weighted by Gasteiger charge is -2.18. The maximum absolute atomic E-state index is 6.00. The first-order valence-electron chi connectivity index (χ1n) is 5.23. The first kappa shape index (κ1) is 12.3. The summed E-state index contributed by atoms with van der Waals surface area (Å²) in [4.78, 5) is 0. The fraction of sp³-hybridized carbons (Fsp3) is 0.385. The quantitative estimate of drug-likeness (QED) is 0.748. The van der Waals surface area contributed by atoms with Crippen LogP contribution in [0.2, 0.25) is 5.02 Å². The van der Waals surface area contributed by atoms with Crippen LogP contribution in [0.15, 0.2) is 30.9 Å². The number of hydrogen-bond acceptors (Lipinski definition) is 1. The van der Waals surface area contributed by atoms with Gasteiger partial charge in [0.15, 0.2) is 0 Å². The first-order chi connectivity index (χ1) is 7.19. The van der Waals surface area contributed by atoms with E-state index in [9.17, 15) is 0 Å². The van der Waals surface area contributed by atoms with E-state index in [-0.39, 0.29) is 0 Å². The van der Waals surface area contributed by atoms with E-state index in [4.69, 9.17) is 11.6 Å². The van der Waals surface area contributed by atoms with Crippen LogP contribution >= 0.6 is 11.6 Å².